The van der Waals surface area contributed by atoms with E-state index in [1.807, 2.05) is 42.5 Å². The number of ether oxygens (including phenoxy) is 1. The Hall–Kier alpha value is -2.98. The van der Waals surface area contributed by atoms with Crippen molar-refractivity contribution in [1.82, 2.24) is 4.90 Å². The molecule has 0 amide bonds. The molecule has 3 atom stereocenters. The Bertz CT molecular complexity index is 1190. The zero-order valence-corrected chi connectivity index (χ0v) is 16.2. The lowest BCUT2D eigenvalue weighted by Crippen LogP contribution is -2.54. The second-order valence-electron chi connectivity index (χ2n) is 8.37. The molecule has 2 heterocycles. The van der Waals surface area contributed by atoms with Crippen molar-refractivity contribution in [3.63, 3.8) is 0 Å². The van der Waals surface area contributed by atoms with Crippen LogP contribution in [0.15, 0.2) is 60.7 Å². The lowest BCUT2D eigenvalue weighted by molar-refractivity contribution is -0.148. The van der Waals surface area contributed by atoms with Gasteiger partial charge in [-0.2, -0.15) is 0 Å². The van der Waals surface area contributed by atoms with Crippen LogP contribution in [0.2, 0.25) is 0 Å². The maximum atomic E-state index is 14.0. The highest BCUT2D eigenvalue weighted by atomic mass is 16.5. The van der Waals surface area contributed by atoms with Crippen molar-refractivity contribution in [1.29, 1.82) is 0 Å². The summed E-state index contributed by atoms with van der Waals surface area (Å²) >= 11 is 0. The van der Waals surface area contributed by atoms with Gasteiger partial charge in [0.15, 0.2) is 5.78 Å². The summed E-state index contributed by atoms with van der Waals surface area (Å²) in [6.45, 7) is 0.671. The van der Waals surface area contributed by atoms with Crippen LogP contribution in [-0.2, 0) is 28.0 Å². The molecule has 0 saturated carbocycles. The summed E-state index contributed by atoms with van der Waals surface area (Å²) in [5.74, 6) is -0.750. The molecule has 0 N–H and O–H groups in total. The van der Waals surface area contributed by atoms with Crippen molar-refractivity contribution in [3.05, 3.63) is 82.9 Å². The van der Waals surface area contributed by atoms with E-state index in [1.165, 1.54) is 18.2 Å². The number of nitrogens with zero attached hydrogens (tertiary/aromatic N) is 1. The summed E-state index contributed by atoms with van der Waals surface area (Å²) in [4.78, 5) is 29.4. The highest BCUT2D eigenvalue weighted by molar-refractivity contribution is 6.21. The number of fused-ring (bicyclic) bond motifs is 4. The molecule has 3 aliphatic rings. The quantitative estimate of drug-likeness (QED) is 0.599. The first kappa shape index (κ1) is 16.9. The molecule has 1 saturated heterocycles. The van der Waals surface area contributed by atoms with Gasteiger partial charge in [-0.15, -0.1) is 0 Å². The van der Waals surface area contributed by atoms with E-state index in [9.17, 15) is 9.59 Å². The normalized spacial score (nSPS) is 27.3. The summed E-state index contributed by atoms with van der Waals surface area (Å²) in [6, 6.07) is 20.5. The average molecular weight is 383 g/mol. The van der Waals surface area contributed by atoms with Crippen LogP contribution in [0.3, 0.4) is 0 Å². The Kier molecular flexibility index (Phi) is 3.37. The monoisotopic (exact) mass is 383 g/mol. The van der Waals surface area contributed by atoms with Crippen LogP contribution in [0.4, 0.5) is 0 Å². The first-order valence-electron chi connectivity index (χ1n) is 10.1. The number of rotatable bonds is 1. The Balaban J connectivity index is 1.63. The first-order valence-corrected chi connectivity index (χ1v) is 10.1. The third-order valence-electron chi connectivity index (χ3n) is 7.21. The number of ketones is 1. The van der Waals surface area contributed by atoms with Crippen LogP contribution in [-0.4, -0.2) is 29.8 Å². The molecule has 4 heteroatoms. The fourth-order valence-corrected chi connectivity index (χ4v) is 6.07. The molecular weight excluding hydrogens is 362 g/mol. The number of carbonyl (C=O) groups excluding carboxylic acids is 2. The summed E-state index contributed by atoms with van der Waals surface area (Å²) in [7, 11) is 1.43. The molecule has 2 aliphatic heterocycles. The fourth-order valence-electron chi connectivity index (χ4n) is 6.07. The van der Waals surface area contributed by atoms with Crippen LogP contribution in [0.1, 0.15) is 33.5 Å². The Labute approximate surface area is 169 Å². The highest BCUT2D eigenvalue weighted by Crippen LogP contribution is 2.57. The van der Waals surface area contributed by atoms with Gasteiger partial charge in [0.05, 0.1) is 13.0 Å². The topological polar surface area (TPSA) is 46.6 Å². The van der Waals surface area contributed by atoms with Crippen molar-refractivity contribution in [2.75, 3.05) is 7.11 Å². The summed E-state index contributed by atoms with van der Waals surface area (Å²) in [5.41, 5.74) is 3.27. The minimum atomic E-state index is -0.978. The molecule has 4 nitrogen and oxygen atoms in total. The number of hydrogen-bond acceptors (Lipinski definition) is 4. The molecule has 3 aromatic rings. The standard InChI is InChI=1S/C25H21NO3/c1-29-24(28)21-13-18-12-16-6-2-3-7-17(16)14-26(18)25(21)20-11-5-9-15-8-4-10-19(22(15)20)23(25)27/h2-11,18,21H,12-14H2,1H3/t18-,21?,25+/m0/s1. The second-order valence-corrected chi connectivity index (χ2v) is 8.37. The molecule has 3 aromatic carbocycles. The van der Waals surface area contributed by atoms with Gasteiger partial charge in [0.2, 0.25) is 0 Å². The van der Waals surface area contributed by atoms with Gasteiger partial charge in [0, 0.05) is 18.2 Å². The fraction of sp³-hybridized carbons (Fsp3) is 0.280. The van der Waals surface area contributed by atoms with E-state index in [0.717, 1.165) is 28.3 Å². The number of benzene rings is 3. The lowest BCUT2D eigenvalue weighted by Gasteiger charge is -2.42. The maximum Gasteiger partial charge on any atom is 0.311 e. The van der Waals surface area contributed by atoms with E-state index in [0.29, 0.717) is 13.0 Å². The van der Waals surface area contributed by atoms with E-state index >= 15 is 0 Å². The molecule has 29 heavy (non-hydrogen) atoms. The van der Waals surface area contributed by atoms with E-state index in [-0.39, 0.29) is 17.8 Å². The smallest absolute Gasteiger partial charge is 0.311 e. The van der Waals surface area contributed by atoms with Crippen molar-refractivity contribution in [2.24, 2.45) is 5.92 Å². The predicted octanol–water partition coefficient (Wildman–Crippen LogP) is 3.85. The minimum absolute atomic E-state index is 0.0431. The predicted molar refractivity (Wildman–Crippen MR) is 110 cm³/mol. The lowest BCUT2D eigenvalue weighted by atomic mass is 9.78. The van der Waals surface area contributed by atoms with Gasteiger partial charge in [0.25, 0.3) is 0 Å². The minimum Gasteiger partial charge on any atom is -0.469 e. The van der Waals surface area contributed by atoms with Crippen molar-refractivity contribution < 1.29 is 14.3 Å². The molecule has 144 valence electrons. The van der Waals surface area contributed by atoms with Gasteiger partial charge in [-0.05, 0) is 40.3 Å². The largest absolute Gasteiger partial charge is 0.469 e. The molecule has 1 fully saturated rings. The Morgan fingerprint density at radius 3 is 2.59 bits per heavy atom. The van der Waals surface area contributed by atoms with Gasteiger partial charge in [-0.1, -0.05) is 60.7 Å². The molecule has 0 aromatic heterocycles. The molecule has 6 rings (SSSR count). The number of hydrogen-bond donors (Lipinski definition) is 0. The van der Waals surface area contributed by atoms with E-state index < -0.39 is 11.5 Å². The van der Waals surface area contributed by atoms with Gasteiger partial charge < -0.3 is 4.74 Å². The molecule has 1 spiro atoms. The number of Topliss-reactive ketones (excluding diaryl/α,β-unsaturated/α-hetero) is 1. The number of carbonyl (C=O) groups is 2. The van der Waals surface area contributed by atoms with E-state index in [2.05, 4.69) is 23.1 Å². The SMILES string of the molecule is COC(=O)C1C[C@@H]2Cc3ccccc3CN2[C@@]12C(=O)c1cccc3cccc2c13. The summed E-state index contributed by atoms with van der Waals surface area (Å²) in [6.07, 6.45) is 1.49. The summed E-state index contributed by atoms with van der Waals surface area (Å²) < 4.78 is 5.23. The van der Waals surface area contributed by atoms with Crippen LogP contribution in [0.5, 0.6) is 0 Å². The highest BCUT2D eigenvalue weighted by Gasteiger charge is 2.65. The zero-order chi connectivity index (χ0) is 19.8. The van der Waals surface area contributed by atoms with Crippen LogP contribution < -0.4 is 0 Å². The van der Waals surface area contributed by atoms with Crippen molar-refractivity contribution in [3.8, 4) is 0 Å². The van der Waals surface area contributed by atoms with Crippen molar-refractivity contribution >= 4 is 22.5 Å². The van der Waals surface area contributed by atoms with Crippen LogP contribution in [0, 0.1) is 5.92 Å². The Morgan fingerprint density at radius 1 is 1.03 bits per heavy atom. The van der Waals surface area contributed by atoms with Gasteiger partial charge >= 0.3 is 5.97 Å². The summed E-state index contributed by atoms with van der Waals surface area (Å²) in [5, 5.41) is 2.04. The Morgan fingerprint density at radius 2 is 1.79 bits per heavy atom. The zero-order valence-electron chi connectivity index (χ0n) is 16.2. The van der Waals surface area contributed by atoms with E-state index in [1.54, 1.807) is 0 Å². The second kappa shape index (κ2) is 5.77. The van der Waals surface area contributed by atoms with Crippen LogP contribution >= 0.6 is 0 Å². The van der Waals surface area contributed by atoms with Gasteiger partial charge in [-0.3, -0.25) is 14.5 Å². The number of methoxy groups -OCH3 is 1. The van der Waals surface area contributed by atoms with Crippen LogP contribution in [0.25, 0.3) is 10.8 Å². The molecule has 0 radical (unpaired) electrons. The average Bonchev–Trinajstić information content (AvgIpc) is 3.22. The van der Waals surface area contributed by atoms with Gasteiger partial charge in [-0.25, -0.2) is 0 Å². The molecule has 1 unspecified atom stereocenters. The van der Waals surface area contributed by atoms with E-state index in [4.69, 9.17) is 4.74 Å². The van der Waals surface area contributed by atoms with Gasteiger partial charge in [0.1, 0.15) is 5.54 Å². The molecule has 1 aliphatic carbocycles. The third-order valence-corrected chi connectivity index (χ3v) is 7.21. The van der Waals surface area contributed by atoms with Crippen molar-refractivity contribution in [2.45, 2.75) is 31.0 Å². The molecule has 0 bridgehead atoms. The first-order chi connectivity index (χ1) is 14.2. The third kappa shape index (κ3) is 1.97. The number of esters is 1. The maximum absolute atomic E-state index is 14.0. The molecular formula is C25H21NO3.